The van der Waals surface area contributed by atoms with Gasteiger partial charge in [0.2, 0.25) is 0 Å². The number of esters is 1. The zero-order chi connectivity index (χ0) is 45.3. The highest BCUT2D eigenvalue weighted by Gasteiger charge is 2.48. The van der Waals surface area contributed by atoms with Crippen LogP contribution in [0.2, 0.25) is 20.1 Å². The van der Waals surface area contributed by atoms with E-state index in [1.165, 1.54) is 0 Å². The molecule has 7 aromatic rings. The molecule has 5 aromatic carbocycles. The molecule has 0 spiro atoms. The quantitative estimate of drug-likeness (QED) is 0.0615. The molecule has 8 rings (SSSR count). The first-order valence-electron chi connectivity index (χ1n) is 21.3. The van der Waals surface area contributed by atoms with Crippen molar-refractivity contribution >= 4 is 74.9 Å². The monoisotopic (exact) mass is 928 g/mol. The molecule has 1 aliphatic rings. The molecule has 326 valence electrons. The molecule has 0 bridgehead atoms. The first kappa shape index (κ1) is 45.0. The fraction of sp³-hybridized carbons (Fsp3) is 0.204. The van der Waals surface area contributed by atoms with E-state index in [4.69, 9.17) is 60.0 Å². The van der Waals surface area contributed by atoms with Gasteiger partial charge in [-0.15, -0.1) is 0 Å². The molecule has 0 fully saturated rings. The molecule has 0 unspecified atom stereocenters. The molecule has 0 atom stereocenters. The van der Waals surface area contributed by atoms with E-state index >= 15 is 0 Å². The number of aryl methyl sites for hydroxylation is 4. The lowest BCUT2D eigenvalue weighted by Gasteiger charge is -2.28. The average molecular weight is 931 g/mol. The van der Waals surface area contributed by atoms with Crippen LogP contribution in [-0.2, 0) is 23.4 Å². The van der Waals surface area contributed by atoms with Gasteiger partial charge in [0.15, 0.2) is 5.60 Å². The molecule has 0 saturated heterocycles. The molecule has 6 nitrogen and oxygen atoms in total. The van der Waals surface area contributed by atoms with Gasteiger partial charge in [-0.3, -0.25) is 0 Å². The van der Waals surface area contributed by atoms with E-state index in [9.17, 15) is 4.79 Å². The molecule has 0 N–H and O–H groups in total. The lowest BCUT2D eigenvalue weighted by molar-refractivity contribution is 0.0300. The third-order valence-electron chi connectivity index (χ3n) is 12.2. The molecule has 10 heteroatoms. The molecule has 64 heavy (non-hydrogen) atoms. The summed E-state index contributed by atoms with van der Waals surface area (Å²) in [7, 11) is 0. The van der Waals surface area contributed by atoms with Gasteiger partial charge < -0.3 is 23.4 Å². The van der Waals surface area contributed by atoms with Crippen LogP contribution in [0.15, 0.2) is 143 Å². The number of hydrogen-bond donors (Lipinski definition) is 0. The molecule has 3 heterocycles. The van der Waals surface area contributed by atoms with Crippen LogP contribution < -0.4 is 9.80 Å². The Bertz CT molecular complexity index is 2730. The van der Waals surface area contributed by atoms with E-state index in [1.54, 1.807) is 12.5 Å². The van der Waals surface area contributed by atoms with E-state index in [0.717, 1.165) is 91.6 Å². The largest absolute Gasteiger partial charge is 0.467 e. The zero-order valence-electron chi connectivity index (χ0n) is 36.6. The van der Waals surface area contributed by atoms with E-state index in [2.05, 4.69) is 136 Å². The van der Waals surface area contributed by atoms with Gasteiger partial charge in [-0.2, -0.15) is 0 Å². The van der Waals surface area contributed by atoms with Crippen LogP contribution >= 0.6 is 46.4 Å². The van der Waals surface area contributed by atoms with Crippen molar-refractivity contribution in [3.05, 3.63) is 221 Å². The third kappa shape index (κ3) is 8.90. The first-order valence-corrected chi connectivity index (χ1v) is 22.8. The van der Waals surface area contributed by atoms with E-state index in [-0.39, 0.29) is 25.7 Å². The Morgan fingerprint density at radius 3 is 1.36 bits per heavy atom. The number of hydrogen-bond acceptors (Lipinski definition) is 6. The van der Waals surface area contributed by atoms with Crippen molar-refractivity contribution in [1.82, 2.24) is 0 Å². The maximum Gasteiger partial charge on any atom is 0.341 e. The zero-order valence-corrected chi connectivity index (χ0v) is 39.6. The number of anilines is 2. The van der Waals surface area contributed by atoms with Crippen molar-refractivity contribution in [3.8, 4) is 0 Å². The Kier molecular flexibility index (Phi) is 13.2. The summed E-state index contributed by atoms with van der Waals surface area (Å²) in [6.45, 7) is 15.4. The van der Waals surface area contributed by atoms with Crippen LogP contribution in [0.5, 0.6) is 0 Å². The molecule has 2 aromatic heterocycles. The van der Waals surface area contributed by atoms with Gasteiger partial charge in [0.05, 0.1) is 51.3 Å². The maximum atomic E-state index is 14.4. The van der Waals surface area contributed by atoms with Gasteiger partial charge in [-0.05, 0) is 158 Å². The number of ether oxygens (including phenoxy) is 1. The molecule has 0 radical (unpaired) electrons. The van der Waals surface area contributed by atoms with Crippen molar-refractivity contribution in [2.45, 2.75) is 60.2 Å². The molecular formula is C54H48Cl4N2O4. The fourth-order valence-corrected chi connectivity index (χ4v) is 9.34. The van der Waals surface area contributed by atoms with Crippen LogP contribution in [0.3, 0.4) is 0 Å². The Hall–Kier alpha value is -5.63. The van der Waals surface area contributed by atoms with Crippen molar-refractivity contribution < 1.29 is 18.4 Å². The number of cyclic esters (lactones) is 1. The Morgan fingerprint density at radius 2 is 0.969 bits per heavy atom. The summed E-state index contributed by atoms with van der Waals surface area (Å²) in [6, 6.07) is 37.2. The van der Waals surface area contributed by atoms with Gasteiger partial charge in [0.25, 0.3) is 0 Å². The second kappa shape index (κ2) is 18.8. The lowest BCUT2D eigenvalue weighted by atomic mass is 9.82. The van der Waals surface area contributed by atoms with Crippen molar-refractivity contribution in [2.24, 2.45) is 0 Å². The summed E-state index contributed by atoms with van der Waals surface area (Å²) >= 11 is 27.8. The van der Waals surface area contributed by atoms with Crippen molar-refractivity contribution in [3.63, 3.8) is 0 Å². The summed E-state index contributed by atoms with van der Waals surface area (Å²) in [5.74, 6) is 1.07. The minimum Gasteiger partial charge on any atom is -0.467 e. The summed E-state index contributed by atoms with van der Waals surface area (Å²) in [5, 5.41) is 0.0503. The minimum absolute atomic E-state index is 0.0206. The van der Waals surface area contributed by atoms with E-state index in [0.29, 0.717) is 18.7 Å². The highest BCUT2D eigenvalue weighted by Crippen LogP contribution is 2.54. The fourth-order valence-electron chi connectivity index (χ4n) is 8.26. The van der Waals surface area contributed by atoms with E-state index in [1.807, 2.05) is 36.4 Å². The Labute approximate surface area is 395 Å². The van der Waals surface area contributed by atoms with Gasteiger partial charge in [0.1, 0.15) is 11.5 Å². The third-order valence-corrected chi connectivity index (χ3v) is 14.0. The summed E-state index contributed by atoms with van der Waals surface area (Å²) in [5.41, 5.74) is 10.4. The smallest absolute Gasteiger partial charge is 0.341 e. The molecule has 0 amide bonds. The average Bonchev–Trinajstić information content (AvgIpc) is 4.08. The van der Waals surface area contributed by atoms with Crippen molar-refractivity contribution in [2.75, 3.05) is 22.9 Å². The second-order valence-electron chi connectivity index (χ2n) is 16.2. The van der Waals surface area contributed by atoms with Crippen LogP contribution in [0.25, 0.3) is 11.1 Å². The topological polar surface area (TPSA) is 59.1 Å². The number of furan rings is 2. The summed E-state index contributed by atoms with van der Waals surface area (Å²) < 4.78 is 18.1. The minimum atomic E-state index is -1.65. The predicted octanol–water partition coefficient (Wildman–Crippen LogP) is 15.4. The van der Waals surface area contributed by atoms with Gasteiger partial charge in [-0.25, -0.2) is 4.79 Å². The highest BCUT2D eigenvalue weighted by atomic mass is 35.5. The standard InChI is InChI=1S/C54H48Cl4N2O4/c1-7-59(31-43-11-9-25-62-43)41-21-17-37(18-22-41)45(39-15-13-33(3)35(5)27-39)29-54(48-47(53(61)64-54)49(55)51(57)52(58)50(48)56)30-46(40-16-14-34(4)36(6)28-40)38-19-23-42(24-20-38)60(8-2)32-44-12-10-26-63-44/h9-30H,7-8,31-32H2,1-6H3. The first-order chi connectivity index (χ1) is 30.8. The number of halogens is 4. The van der Waals surface area contributed by atoms with Crippen LogP contribution in [0.4, 0.5) is 11.4 Å². The number of carbonyl (C=O) groups excluding carboxylic acids is 1. The summed E-state index contributed by atoms with van der Waals surface area (Å²) in [6.07, 6.45) is 7.33. The number of rotatable bonds is 14. The highest BCUT2D eigenvalue weighted by molar-refractivity contribution is 6.53. The normalized spacial score (nSPS) is 15.1. The second-order valence-corrected chi connectivity index (χ2v) is 17.7. The SMILES string of the molecule is CCN(Cc1ccco1)c1ccc(C(=CC2(C=C(c3ccc(N(CC)Cc4ccco4)cc3)c3ccc(C)c(C)c3)OC(=O)c3c(Cl)c(Cl)c(Cl)c(Cl)c32)c2ccc(C)c(C)c2)cc1. The summed E-state index contributed by atoms with van der Waals surface area (Å²) in [4.78, 5) is 18.9. The lowest BCUT2D eigenvalue weighted by Crippen LogP contribution is -2.23. The predicted molar refractivity (Wildman–Crippen MR) is 263 cm³/mol. The van der Waals surface area contributed by atoms with Gasteiger partial charge in [0, 0.05) is 30.0 Å². The Morgan fingerprint density at radius 1 is 0.547 bits per heavy atom. The molecule has 0 saturated carbocycles. The maximum absolute atomic E-state index is 14.4. The van der Waals surface area contributed by atoms with Crippen LogP contribution in [-0.4, -0.2) is 19.1 Å². The molecule has 0 aliphatic carbocycles. The van der Waals surface area contributed by atoms with Gasteiger partial charge >= 0.3 is 5.97 Å². The van der Waals surface area contributed by atoms with Crippen LogP contribution in [0.1, 0.15) is 85.8 Å². The number of carbonyl (C=O) groups is 1. The number of benzene rings is 5. The van der Waals surface area contributed by atoms with Crippen molar-refractivity contribution in [1.29, 1.82) is 0 Å². The number of fused-ring (bicyclic) bond motifs is 1. The van der Waals surface area contributed by atoms with Gasteiger partial charge in [-0.1, -0.05) is 107 Å². The molecular weight excluding hydrogens is 882 g/mol. The molecule has 1 aliphatic heterocycles. The Balaban J connectivity index is 1.38. The number of nitrogens with zero attached hydrogens (tertiary/aromatic N) is 2. The van der Waals surface area contributed by atoms with E-state index < -0.39 is 11.6 Å². The van der Waals surface area contributed by atoms with Crippen LogP contribution in [0, 0.1) is 27.7 Å².